The molecule has 0 aromatic heterocycles. The van der Waals surface area contributed by atoms with E-state index < -0.39 is 22.0 Å². The first-order valence-corrected chi connectivity index (χ1v) is 8.12. The molecule has 0 aliphatic heterocycles. The molecule has 7 heteroatoms. The molecule has 1 aromatic rings. The average Bonchev–Trinajstić information content (AvgIpc) is 2.45. The molecule has 118 valence electrons. The Morgan fingerprint density at radius 1 is 1.33 bits per heavy atom. The summed E-state index contributed by atoms with van der Waals surface area (Å²) in [7, 11) is -2.68. The standard InChI is InChI=1S/C14H21NO5S/c1-10(2)12(8-9-16)15-21(18,19)13-7-5-4-6-11(13)14(17)20-3/h4-7,10,12,15-16H,8-9H2,1-3H3. The van der Waals surface area contributed by atoms with Crippen LogP contribution in [0.15, 0.2) is 29.2 Å². The average molecular weight is 315 g/mol. The number of esters is 1. The van der Waals surface area contributed by atoms with E-state index in [4.69, 9.17) is 5.11 Å². The summed E-state index contributed by atoms with van der Waals surface area (Å²) in [6, 6.07) is 5.45. The first kappa shape index (κ1) is 17.6. The fraction of sp³-hybridized carbons (Fsp3) is 0.500. The third-order valence-corrected chi connectivity index (χ3v) is 4.68. The molecular weight excluding hydrogens is 294 g/mol. The topological polar surface area (TPSA) is 92.7 Å². The minimum atomic E-state index is -3.87. The van der Waals surface area contributed by atoms with Crippen LogP contribution in [0.5, 0.6) is 0 Å². The Balaban J connectivity index is 3.16. The van der Waals surface area contributed by atoms with Gasteiger partial charge in [-0.25, -0.2) is 17.9 Å². The van der Waals surface area contributed by atoms with E-state index >= 15 is 0 Å². The molecule has 0 radical (unpaired) electrons. The molecule has 0 aliphatic carbocycles. The maximum absolute atomic E-state index is 12.5. The second-order valence-corrected chi connectivity index (χ2v) is 6.65. The van der Waals surface area contributed by atoms with Gasteiger partial charge in [-0.2, -0.15) is 0 Å². The second kappa shape index (κ2) is 7.53. The lowest BCUT2D eigenvalue weighted by atomic mass is 10.0. The zero-order chi connectivity index (χ0) is 16.0. The van der Waals surface area contributed by atoms with Crippen molar-refractivity contribution in [2.75, 3.05) is 13.7 Å². The van der Waals surface area contributed by atoms with Crippen molar-refractivity contribution in [3.05, 3.63) is 29.8 Å². The fourth-order valence-electron chi connectivity index (χ4n) is 1.91. The number of hydrogen-bond donors (Lipinski definition) is 2. The van der Waals surface area contributed by atoms with E-state index in [1.807, 2.05) is 13.8 Å². The summed E-state index contributed by atoms with van der Waals surface area (Å²) in [5, 5.41) is 9.02. The number of ether oxygens (including phenoxy) is 1. The predicted octanol–water partition coefficient (Wildman–Crippen LogP) is 1.16. The number of aliphatic hydroxyl groups is 1. The molecule has 1 rings (SSSR count). The van der Waals surface area contributed by atoms with Gasteiger partial charge in [-0.05, 0) is 24.5 Å². The van der Waals surface area contributed by atoms with E-state index in [1.54, 1.807) is 6.07 Å². The molecule has 0 heterocycles. The number of methoxy groups -OCH3 is 1. The van der Waals surface area contributed by atoms with Crippen molar-refractivity contribution >= 4 is 16.0 Å². The van der Waals surface area contributed by atoms with Crippen LogP contribution in [0.4, 0.5) is 0 Å². The number of hydrogen-bond acceptors (Lipinski definition) is 5. The van der Waals surface area contributed by atoms with Crippen LogP contribution in [0.1, 0.15) is 30.6 Å². The lowest BCUT2D eigenvalue weighted by molar-refractivity contribution is 0.0596. The molecular formula is C14H21NO5S. The molecule has 0 saturated heterocycles. The Kier molecular flexibility index (Phi) is 6.32. The minimum absolute atomic E-state index is 0.0113. The van der Waals surface area contributed by atoms with Gasteiger partial charge in [0.1, 0.15) is 0 Å². The van der Waals surface area contributed by atoms with Crippen LogP contribution in [-0.2, 0) is 14.8 Å². The lowest BCUT2D eigenvalue weighted by Gasteiger charge is -2.22. The molecule has 1 atom stereocenters. The number of aliphatic hydroxyl groups excluding tert-OH is 1. The fourth-order valence-corrected chi connectivity index (χ4v) is 3.52. The van der Waals surface area contributed by atoms with Gasteiger partial charge in [0.05, 0.1) is 17.6 Å². The van der Waals surface area contributed by atoms with Gasteiger partial charge >= 0.3 is 5.97 Å². The molecule has 21 heavy (non-hydrogen) atoms. The molecule has 0 bridgehead atoms. The highest BCUT2D eigenvalue weighted by Crippen LogP contribution is 2.18. The Bertz CT molecular complexity index is 583. The quantitative estimate of drug-likeness (QED) is 0.737. The van der Waals surface area contributed by atoms with Gasteiger partial charge in [0.2, 0.25) is 10.0 Å². The van der Waals surface area contributed by atoms with E-state index in [0.717, 1.165) is 0 Å². The highest BCUT2D eigenvalue weighted by molar-refractivity contribution is 7.89. The van der Waals surface area contributed by atoms with Gasteiger partial charge in [0.25, 0.3) is 0 Å². The molecule has 0 saturated carbocycles. The maximum Gasteiger partial charge on any atom is 0.339 e. The predicted molar refractivity (Wildman–Crippen MR) is 78.4 cm³/mol. The highest BCUT2D eigenvalue weighted by atomic mass is 32.2. The molecule has 1 unspecified atom stereocenters. The normalized spacial score (nSPS) is 13.2. The number of rotatable bonds is 7. The molecule has 0 amide bonds. The summed E-state index contributed by atoms with van der Waals surface area (Å²) in [5.74, 6) is -0.698. The summed E-state index contributed by atoms with van der Waals surface area (Å²) < 4.78 is 32.1. The van der Waals surface area contributed by atoms with E-state index in [1.165, 1.54) is 25.3 Å². The van der Waals surface area contributed by atoms with Crippen LogP contribution >= 0.6 is 0 Å². The van der Waals surface area contributed by atoms with Gasteiger partial charge < -0.3 is 9.84 Å². The van der Waals surface area contributed by atoms with Gasteiger partial charge in [-0.1, -0.05) is 26.0 Å². The summed E-state index contributed by atoms with van der Waals surface area (Å²) in [6.07, 6.45) is 0.303. The second-order valence-electron chi connectivity index (χ2n) is 4.97. The molecule has 0 spiro atoms. The smallest absolute Gasteiger partial charge is 0.339 e. The van der Waals surface area contributed by atoms with Crippen LogP contribution < -0.4 is 4.72 Å². The number of carbonyl (C=O) groups excluding carboxylic acids is 1. The monoisotopic (exact) mass is 315 g/mol. The zero-order valence-electron chi connectivity index (χ0n) is 12.4. The Hall–Kier alpha value is -1.44. The number of benzene rings is 1. The first-order chi connectivity index (χ1) is 9.83. The highest BCUT2D eigenvalue weighted by Gasteiger charge is 2.26. The summed E-state index contributed by atoms with van der Waals surface area (Å²) in [5.41, 5.74) is -0.0148. The van der Waals surface area contributed by atoms with Crippen LogP contribution in [0.25, 0.3) is 0 Å². The maximum atomic E-state index is 12.5. The Labute approximate surface area is 125 Å². The van der Waals surface area contributed by atoms with Crippen molar-refractivity contribution < 1.29 is 23.1 Å². The number of carbonyl (C=O) groups is 1. The van der Waals surface area contributed by atoms with Crippen molar-refractivity contribution in [2.24, 2.45) is 5.92 Å². The van der Waals surface area contributed by atoms with E-state index in [-0.39, 0.29) is 23.0 Å². The zero-order valence-corrected chi connectivity index (χ0v) is 13.2. The molecule has 2 N–H and O–H groups in total. The van der Waals surface area contributed by atoms with Crippen molar-refractivity contribution in [1.82, 2.24) is 4.72 Å². The van der Waals surface area contributed by atoms with E-state index in [9.17, 15) is 13.2 Å². The van der Waals surface area contributed by atoms with Crippen molar-refractivity contribution in [3.63, 3.8) is 0 Å². The molecule has 0 fully saturated rings. The summed E-state index contributed by atoms with van der Waals surface area (Å²) >= 11 is 0. The van der Waals surface area contributed by atoms with Gasteiger partial charge in [-0.15, -0.1) is 0 Å². The SMILES string of the molecule is COC(=O)c1ccccc1S(=O)(=O)NC(CCO)C(C)C. The van der Waals surface area contributed by atoms with Crippen LogP contribution in [-0.4, -0.2) is 39.3 Å². The van der Waals surface area contributed by atoms with E-state index in [0.29, 0.717) is 6.42 Å². The van der Waals surface area contributed by atoms with Crippen LogP contribution in [0, 0.1) is 5.92 Å². The largest absolute Gasteiger partial charge is 0.465 e. The third kappa shape index (κ3) is 4.52. The summed E-state index contributed by atoms with van der Waals surface area (Å²) in [4.78, 5) is 11.5. The molecule has 6 nitrogen and oxygen atoms in total. The van der Waals surface area contributed by atoms with Crippen molar-refractivity contribution in [3.8, 4) is 0 Å². The minimum Gasteiger partial charge on any atom is -0.465 e. The Morgan fingerprint density at radius 3 is 2.48 bits per heavy atom. The van der Waals surface area contributed by atoms with Crippen molar-refractivity contribution in [2.45, 2.75) is 31.2 Å². The lowest BCUT2D eigenvalue weighted by Crippen LogP contribution is -2.39. The third-order valence-electron chi connectivity index (χ3n) is 3.13. The van der Waals surface area contributed by atoms with Crippen LogP contribution in [0.3, 0.4) is 0 Å². The van der Waals surface area contributed by atoms with Gasteiger partial charge in [0, 0.05) is 12.6 Å². The number of nitrogens with one attached hydrogen (secondary N) is 1. The van der Waals surface area contributed by atoms with E-state index in [2.05, 4.69) is 9.46 Å². The van der Waals surface area contributed by atoms with Crippen LogP contribution in [0.2, 0.25) is 0 Å². The first-order valence-electron chi connectivity index (χ1n) is 6.64. The molecule has 1 aromatic carbocycles. The Morgan fingerprint density at radius 2 is 1.95 bits per heavy atom. The summed E-state index contributed by atoms with van der Waals surface area (Å²) in [6.45, 7) is 3.59. The van der Waals surface area contributed by atoms with Gasteiger partial charge in [0.15, 0.2) is 0 Å². The van der Waals surface area contributed by atoms with Gasteiger partial charge in [-0.3, -0.25) is 0 Å². The van der Waals surface area contributed by atoms with Crippen molar-refractivity contribution in [1.29, 1.82) is 0 Å². The molecule has 0 aliphatic rings. The number of sulfonamides is 1.